The van der Waals surface area contributed by atoms with Crippen LogP contribution in [0.1, 0.15) is 22.9 Å². The lowest BCUT2D eigenvalue weighted by Crippen LogP contribution is -2.29. The molecule has 0 fully saturated rings. The Bertz CT molecular complexity index is 472. The van der Waals surface area contributed by atoms with Gasteiger partial charge in [-0.05, 0) is 18.9 Å². The quantitative estimate of drug-likeness (QED) is 0.618. The lowest BCUT2D eigenvalue weighted by atomic mass is 10.0. The van der Waals surface area contributed by atoms with Gasteiger partial charge in [-0.2, -0.15) is 0 Å². The average molecular weight is 230 g/mol. The van der Waals surface area contributed by atoms with Gasteiger partial charge >= 0.3 is 0 Å². The molecule has 0 bridgehead atoms. The molecule has 0 radical (unpaired) electrons. The zero-order valence-corrected chi connectivity index (χ0v) is 10.2. The van der Waals surface area contributed by atoms with E-state index >= 15 is 0 Å². The summed E-state index contributed by atoms with van der Waals surface area (Å²) in [5.74, 6) is 5.59. The highest BCUT2D eigenvalue weighted by Crippen LogP contribution is 2.16. The summed E-state index contributed by atoms with van der Waals surface area (Å²) in [6.07, 6.45) is 4.61. The van der Waals surface area contributed by atoms with E-state index in [2.05, 4.69) is 41.6 Å². The highest BCUT2D eigenvalue weighted by molar-refractivity contribution is 5.23. The van der Waals surface area contributed by atoms with Crippen LogP contribution in [0.3, 0.4) is 0 Å². The Kier molecular flexibility index (Phi) is 3.56. The third kappa shape index (κ3) is 2.93. The number of benzene rings is 1. The maximum atomic E-state index is 5.59. The van der Waals surface area contributed by atoms with Gasteiger partial charge < -0.3 is 4.57 Å². The van der Waals surface area contributed by atoms with Gasteiger partial charge in [0.15, 0.2) is 0 Å². The number of hydrazine groups is 1. The van der Waals surface area contributed by atoms with Crippen LogP contribution in [-0.4, -0.2) is 9.55 Å². The van der Waals surface area contributed by atoms with Crippen LogP contribution in [0, 0.1) is 6.92 Å². The Hall–Kier alpha value is -1.65. The van der Waals surface area contributed by atoms with Crippen molar-refractivity contribution in [1.82, 2.24) is 15.0 Å². The third-order valence-corrected chi connectivity index (χ3v) is 2.84. The Labute approximate surface area is 101 Å². The van der Waals surface area contributed by atoms with Crippen molar-refractivity contribution in [1.29, 1.82) is 0 Å². The molecule has 2 rings (SSSR count). The highest BCUT2D eigenvalue weighted by atomic mass is 15.2. The molecule has 1 unspecified atom stereocenters. The van der Waals surface area contributed by atoms with Gasteiger partial charge in [0.2, 0.25) is 0 Å². The predicted octanol–water partition coefficient (Wildman–Crippen LogP) is 1.48. The normalized spacial score (nSPS) is 12.6. The molecule has 0 amide bonds. The molecule has 1 aromatic heterocycles. The van der Waals surface area contributed by atoms with Crippen LogP contribution in [-0.2, 0) is 13.5 Å². The van der Waals surface area contributed by atoms with Gasteiger partial charge in [-0.3, -0.25) is 11.3 Å². The van der Waals surface area contributed by atoms with E-state index in [0.717, 1.165) is 12.1 Å². The second kappa shape index (κ2) is 5.12. The van der Waals surface area contributed by atoms with Crippen molar-refractivity contribution >= 4 is 0 Å². The second-order valence-corrected chi connectivity index (χ2v) is 4.37. The molecule has 4 heteroatoms. The summed E-state index contributed by atoms with van der Waals surface area (Å²) in [4.78, 5) is 4.32. The first-order chi connectivity index (χ1) is 8.19. The van der Waals surface area contributed by atoms with Crippen molar-refractivity contribution in [3.63, 3.8) is 0 Å². The van der Waals surface area contributed by atoms with Gasteiger partial charge in [-0.15, -0.1) is 0 Å². The number of nitrogens with zero attached hydrogens (tertiary/aromatic N) is 2. The lowest BCUT2D eigenvalue weighted by Gasteiger charge is -2.13. The van der Waals surface area contributed by atoms with Gasteiger partial charge in [-0.1, -0.05) is 29.8 Å². The van der Waals surface area contributed by atoms with Crippen LogP contribution < -0.4 is 11.3 Å². The van der Waals surface area contributed by atoms with Crippen LogP contribution in [0.2, 0.25) is 0 Å². The van der Waals surface area contributed by atoms with E-state index in [4.69, 9.17) is 5.84 Å². The topological polar surface area (TPSA) is 55.9 Å². The van der Waals surface area contributed by atoms with E-state index in [0.29, 0.717) is 0 Å². The maximum absolute atomic E-state index is 5.59. The Morgan fingerprint density at radius 2 is 2.06 bits per heavy atom. The molecule has 0 aliphatic rings. The molecule has 0 spiro atoms. The van der Waals surface area contributed by atoms with Crippen molar-refractivity contribution in [2.45, 2.75) is 19.4 Å². The SMILES string of the molecule is Cc1ccc(CC(NN)c2cn(C)cn2)cc1. The standard InChI is InChI=1S/C13H18N4/c1-10-3-5-11(6-4-10)7-12(16-14)13-8-17(2)9-15-13/h3-6,8-9,12,16H,7,14H2,1-2H3. The van der Waals surface area contributed by atoms with Crippen molar-refractivity contribution < 1.29 is 0 Å². The molecular weight excluding hydrogens is 212 g/mol. The fourth-order valence-electron chi connectivity index (χ4n) is 1.82. The molecule has 3 N–H and O–H groups in total. The summed E-state index contributed by atoms with van der Waals surface area (Å²) < 4.78 is 1.93. The minimum absolute atomic E-state index is 0.0545. The monoisotopic (exact) mass is 230 g/mol. The fraction of sp³-hybridized carbons (Fsp3) is 0.308. The van der Waals surface area contributed by atoms with Crippen LogP contribution >= 0.6 is 0 Å². The summed E-state index contributed by atoms with van der Waals surface area (Å²) in [5.41, 5.74) is 6.31. The van der Waals surface area contributed by atoms with Gasteiger partial charge in [0.25, 0.3) is 0 Å². The Balaban J connectivity index is 2.12. The minimum Gasteiger partial charge on any atom is -0.340 e. The molecule has 17 heavy (non-hydrogen) atoms. The first-order valence-electron chi connectivity index (χ1n) is 5.68. The smallest absolute Gasteiger partial charge is 0.0947 e. The van der Waals surface area contributed by atoms with Crippen LogP contribution in [0.15, 0.2) is 36.8 Å². The summed E-state index contributed by atoms with van der Waals surface area (Å²) in [7, 11) is 1.95. The van der Waals surface area contributed by atoms with E-state index in [1.54, 1.807) is 6.33 Å². The largest absolute Gasteiger partial charge is 0.340 e. The van der Waals surface area contributed by atoms with E-state index in [1.165, 1.54) is 11.1 Å². The minimum atomic E-state index is 0.0545. The van der Waals surface area contributed by atoms with Crippen LogP contribution in [0.25, 0.3) is 0 Å². The average Bonchev–Trinajstić information content (AvgIpc) is 2.75. The highest BCUT2D eigenvalue weighted by Gasteiger charge is 2.12. The van der Waals surface area contributed by atoms with Crippen molar-refractivity contribution in [3.8, 4) is 0 Å². The second-order valence-electron chi connectivity index (χ2n) is 4.37. The number of nitrogens with one attached hydrogen (secondary N) is 1. The summed E-state index contributed by atoms with van der Waals surface area (Å²) in [6.45, 7) is 2.08. The molecule has 1 atom stereocenters. The van der Waals surface area contributed by atoms with Gasteiger partial charge in [0.1, 0.15) is 0 Å². The molecule has 2 aromatic rings. The number of nitrogens with two attached hydrogens (primary N) is 1. The van der Waals surface area contributed by atoms with E-state index in [-0.39, 0.29) is 6.04 Å². The van der Waals surface area contributed by atoms with Crippen LogP contribution in [0.5, 0.6) is 0 Å². The molecule has 4 nitrogen and oxygen atoms in total. The van der Waals surface area contributed by atoms with Gasteiger partial charge in [-0.25, -0.2) is 4.98 Å². The molecule has 1 heterocycles. The summed E-state index contributed by atoms with van der Waals surface area (Å²) >= 11 is 0. The molecule has 0 saturated carbocycles. The fourth-order valence-corrected chi connectivity index (χ4v) is 1.82. The predicted molar refractivity (Wildman–Crippen MR) is 68.2 cm³/mol. The molecule has 0 saturated heterocycles. The molecule has 1 aromatic carbocycles. The number of hydrogen-bond donors (Lipinski definition) is 2. The zero-order valence-electron chi connectivity index (χ0n) is 10.2. The first-order valence-corrected chi connectivity index (χ1v) is 5.68. The first kappa shape index (κ1) is 11.8. The number of imidazole rings is 1. The number of aryl methyl sites for hydroxylation is 2. The molecule has 90 valence electrons. The summed E-state index contributed by atoms with van der Waals surface area (Å²) in [5, 5.41) is 0. The number of hydrogen-bond acceptors (Lipinski definition) is 3. The van der Waals surface area contributed by atoms with Gasteiger partial charge in [0, 0.05) is 13.2 Å². The third-order valence-electron chi connectivity index (χ3n) is 2.84. The number of aromatic nitrogens is 2. The lowest BCUT2D eigenvalue weighted by molar-refractivity contribution is 0.540. The molecular formula is C13H18N4. The number of rotatable bonds is 4. The van der Waals surface area contributed by atoms with Crippen molar-refractivity contribution in [3.05, 3.63) is 53.6 Å². The van der Waals surface area contributed by atoms with E-state index in [1.807, 2.05) is 17.8 Å². The Morgan fingerprint density at radius 3 is 2.59 bits per heavy atom. The van der Waals surface area contributed by atoms with Crippen molar-refractivity contribution in [2.75, 3.05) is 0 Å². The van der Waals surface area contributed by atoms with Crippen molar-refractivity contribution in [2.24, 2.45) is 12.9 Å². The summed E-state index contributed by atoms with van der Waals surface area (Å²) in [6, 6.07) is 8.53. The molecule has 0 aliphatic heterocycles. The van der Waals surface area contributed by atoms with Crippen LogP contribution in [0.4, 0.5) is 0 Å². The molecule has 0 aliphatic carbocycles. The maximum Gasteiger partial charge on any atom is 0.0947 e. The van der Waals surface area contributed by atoms with E-state index < -0.39 is 0 Å². The Morgan fingerprint density at radius 1 is 1.35 bits per heavy atom. The van der Waals surface area contributed by atoms with Gasteiger partial charge in [0.05, 0.1) is 18.1 Å². The van der Waals surface area contributed by atoms with E-state index in [9.17, 15) is 0 Å². The zero-order chi connectivity index (χ0) is 12.3.